The minimum absolute atomic E-state index is 0.0696. The van der Waals surface area contributed by atoms with Gasteiger partial charge in [-0.3, -0.25) is 0 Å². The second kappa shape index (κ2) is 8.97. The lowest BCUT2D eigenvalue weighted by atomic mass is 10.1. The smallest absolute Gasteiger partial charge is 0.234 e. The van der Waals surface area contributed by atoms with Gasteiger partial charge in [-0.05, 0) is 48.2 Å². The minimum Gasteiger partial charge on any atom is -0.454 e. The lowest BCUT2D eigenvalue weighted by molar-refractivity contribution is 0.174. The highest BCUT2D eigenvalue weighted by Gasteiger charge is 2.18. The van der Waals surface area contributed by atoms with E-state index in [-0.39, 0.29) is 18.4 Å². The number of ether oxygens (including phenoxy) is 2. The molecule has 152 valence electrons. The molecule has 0 bridgehead atoms. The van der Waals surface area contributed by atoms with Gasteiger partial charge in [-0.1, -0.05) is 29.8 Å². The van der Waals surface area contributed by atoms with E-state index >= 15 is 0 Å². The summed E-state index contributed by atoms with van der Waals surface area (Å²) >= 11 is 5.94. The highest BCUT2D eigenvalue weighted by Crippen LogP contribution is 2.33. The largest absolute Gasteiger partial charge is 0.454 e. The zero-order chi connectivity index (χ0) is 20.9. The second-order valence-electron chi connectivity index (χ2n) is 6.82. The van der Waals surface area contributed by atoms with Crippen LogP contribution in [0.3, 0.4) is 0 Å². The van der Waals surface area contributed by atoms with E-state index in [1.807, 2.05) is 53.4 Å². The Morgan fingerprint density at radius 1 is 1.10 bits per heavy atom. The molecule has 0 unspecified atom stereocenters. The third-order valence-corrected chi connectivity index (χ3v) is 4.99. The number of nitrogens with zero attached hydrogens (tertiary/aromatic N) is 4. The summed E-state index contributed by atoms with van der Waals surface area (Å²) < 4.78 is 25.3. The number of hydrogen-bond acceptors (Lipinski definition) is 6. The van der Waals surface area contributed by atoms with Crippen molar-refractivity contribution < 1.29 is 13.9 Å². The molecule has 2 aromatic carbocycles. The van der Waals surface area contributed by atoms with Crippen LogP contribution in [-0.4, -0.2) is 23.3 Å². The van der Waals surface area contributed by atoms with Crippen LogP contribution in [0.2, 0.25) is 5.02 Å². The fraction of sp³-hybridized carbons (Fsp3) is 0.227. The van der Waals surface area contributed by atoms with Gasteiger partial charge in [0.2, 0.25) is 12.6 Å². The molecule has 0 N–H and O–H groups in total. The predicted molar refractivity (Wildman–Crippen MR) is 110 cm³/mol. The maximum absolute atomic E-state index is 14.5. The van der Waals surface area contributed by atoms with E-state index in [1.165, 1.54) is 0 Å². The Morgan fingerprint density at radius 2 is 1.87 bits per heavy atom. The number of rotatable bonds is 7. The van der Waals surface area contributed by atoms with Gasteiger partial charge in [-0.25, -0.2) is 9.37 Å². The quantitative estimate of drug-likeness (QED) is 0.555. The van der Waals surface area contributed by atoms with Gasteiger partial charge < -0.3 is 14.4 Å². The van der Waals surface area contributed by atoms with Crippen molar-refractivity contribution >= 4 is 17.4 Å². The maximum atomic E-state index is 14.5. The average molecular weight is 425 g/mol. The van der Waals surface area contributed by atoms with Gasteiger partial charge in [0.15, 0.2) is 23.1 Å². The molecule has 0 radical (unpaired) electrons. The molecular formula is C22H18ClFN4O2. The molecule has 8 heteroatoms. The molecular weight excluding hydrogens is 407 g/mol. The van der Waals surface area contributed by atoms with E-state index in [2.05, 4.69) is 9.97 Å². The van der Waals surface area contributed by atoms with Crippen LogP contribution in [0.4, 0.5) is 10.2 Å². The Kier molecular flexibility index (Phi) is 5.96. The first-order valence-electron chi connectivity index (χ1n) is 9.43. The summed E-state index contributed by atoms with van der Waals surface area (Å²) in [5.41, 5.74) is 2.06. The summed E-state index contributed by atoms with van der Waals surface area (Å²) in [6.07, 6.45) is 2.59. The van der Waals surface area contributed by atoms with Gasteiger partial charge in [-0.2, -0.15) is 10.2 Å². The van der Waals surface area contributed by atoms with Gasteiger partial charge in [0.25, 0.3) is 0 Å². The van der Waals surface area contributed by atoms with Gasteiger partial charge >= 0.3 is 0 Å². The van der Waals surface area contributed by atoms with E-state index in [0.717, 1.165) is 30.2 Å². The van der Waals surface area contributed by atoms with Crippen LogP contribution in [0.15, 0.2) is 48.7 Å². The summed E-state index contributed by atoms with van der Waals surface area (Å²) in [7, 11) is 0. The van der Waals surface area contributed by atoms with E-state index in [9.17, 15) is 4.39 Å². The lowest BCUT2D eigenvalue weighted by Gasteiger charge is -2.24. The van der Waals surface area contributed by atoms with Crippen LogP contribution in [0, 0.1) is 17.1 Å². The standard InChI is InChI=1S/C22H18ClFN4O2/c23-17-6-3-15(4-7-17)2-1-9-28(22-18(24)12-26-21(11-25)27-22)13-16-5-8-19-20(10-16)30-14-29-19/h3-8,10,12H,1-2,9,13-14H2. The number of aromatic nitrogens is 2. The Balaban J connectivity index is 1.54. The van der Waals surface area contributed by atoms with Crippen LogP contribution >= 0.6 is 11.6 Å². The van der Waals surface area contributed by atoms with E-state index in [0.29, 0.717) is 29.6 Å². The topological polar surface area (TPSA) is 71.3 Å². The predicted octanol–water partition coefficient (Wildman–Crippen LogP) is 4.51. The first kappa shape index (κ1) is 19.9. The van der Waals surface area contributed by atoms with E-state index in [1.54, 1.807) is 0 Å². The number of anilines is 1. The number of aryl methyl sites for hydroxylation is 1. The Labute approximate surface area is 178 Å². The van der Waals surface area contributed by atoms with Crippen LogP contribution in [-0.2, 0) is 13.0 Å². The molecule has 1 aliphatic heterocycles. The second-order valence-corrected chi connectivity index (χ2v) is 7.25. The average Bonchev–Trinajstić information content (AvgIpc) is 3.23. The molecule has 3 aromatic rings. The van der Waals surface area contributed by atoms with Crippen LogP contribution in [0.1, 0.15) is 23.4 Å². The van der Waals surface area contributed by atoms with Gasteiger partial charge in [0, 0.05) is 18.1 Å². The van der Waals surface area contributed by atoms with Gasteiger partial charge in [-0.15, -0.1) is 0 Å². The summed E-state index contributed by atoms with van der Waals surface area (Å²) in [5.74, 6) is 0.818. The van der Waals surface area contributed by atoms with Crippen molar-refractivity contribution in [1.82, 2.24) is 9.97 Å². The molecule has 30 heavy (non-hydrogen) atoms. The summed E-state index contributed by atoms with van der Waals surface area (Å²) in [4.78, 5) is 9.62. The monoisotopic (exact) mass is 424 g/mol. The van der Waals surface area contributed by atoms with Crippen LogP contribution < -0.4 is 14.4 Å². The van der Waals surface area contributed by atoms with Gasteiger partial charge in [0.05, 0.1) is 6.20 Å². The lowest BCUT2D eigenvalue weighted by Crippen LogP contribution is -2.27. The molecule has 1 aromatic heterocycles. The van der Waals surface area contributed by atoms with Crippen molar-refractivity contribution in [2.45, 2.75) is 19.4 Å². The summed E-state index contributed by atoms with van der Waals surface area (Å²) in [5, 5.41) is 9.81. The summed E-state index contributed by atoms with van der Waals surface area (Å²) in [6, 6.07) is 15.1. The molecule has 0 spiro atoms. The number of fused-ring (bicyclic) bond motifs is 1. The third kappa shape index (κ3) is 4.61. The third-order valence-electron chi connectivity index (χ3n) is 4.74. The fourth-order valence-corrected chi connectivity index (χ4v) is 3.40. The normalized spacial score (nSPS) is 11.9. The van der Waals surface area contributed by atoms with Crippen molar-refractivity contribution in [1.29, 1.82) is 5.26 Å². The Hall–Kier alpha value is -3.37. The zero-order valence-corrected chi connectivity index (χ0v) is 16.8. The van der Waals surface area contributed by atoms with Crippen molar-refractivity contribution in [2.75, 3.05) is 18.2 Å². The molecule has 0 aliphatic carbocycles. The Bertz CT molecular complexity index is 1090. The summed E-state index contributed by atoms with van der Waals surface area (Å²) in [6.45, 7) is 1.13. The number of benzene rings is 2. The van der Waals surface area contributed by atoms with Crippen molar-refractivity contribution in [3.05, 3.63) is 76.5 Å². The minimum atomic E-state index is -0.568. The van der Waals surface area contributed by atoms with Crippen molar-refractivity contribution in [2.24, 2.45) is 0 Å². The maximum Gasteiger partial charge on any atom is 0.234 e. The first-order chi connectivity index (χ1) is 14.6. The molecule has 0 atom stereocenters. The van der Waals surface area contributed by atoms with E-state index in [4.69, 9.17) is 26.3 Å². The number of hydrogen-bond donors (Lipinski definition) is 0. The SMILES string of the molecule is N#Cc1ncc(F)c(N(CCCc2ccc(Cl)cc2)Cc2ccc3c(c2)OCO3)n1. The van der Waals surface area contributed by atoms with Crippen LogP contribution in [0.25, 0.3) is 0 Å². The molecule has 2 heterocycles. The molecule has 0 fully saturated rings. The Morgan fingerprint density at radius 3 is 2.67 bits per heavy atom. The zero-order valence-electron chi connectivity index (χ0n) is 16.0. The molecule has 0 saturated carbocycles. The van der Waals surface area contributed by atoms with Crippen molar-refractivity contribution in [3.8, 4) is 17.6 Å². The first-order valence-corrected chi connectivity index (χ1v) is 9.81. The molecule has 4 rings (SSSR count). The van der Waals surface area contributed by atoms with Gasteiger partial charge in [0.1, 0.15) is 6.07 Å². The molecule has 1 aliphatic rings. The molecule has 6 nitrogen and oxygen atoms in total. The number of halogens is 2. The fourth-order valence-electron chi connectivity index (χ4n) is 3.28. The van der Waals surface area contributed by atoms with Crippen molar-refractivity contribution in [3.63, 3.8) is 0 Å². The van der Waals surface area contributed by atoms with Crippen LogP contribution in [0.5, 0.6) is 11.5 Å². The molecule has 0 amide bonds. The van der Waals surface area contributed by atoms with E-state index < -0.39 is 5.82 Å². The number of nitriles is 1. The highest BCUT2D eigenvalue weighted by atomic mass is 35.5. The molecule has 0 saturated heterocycles. The highest BCUT2D eigenvalue weighted by molar-refractivity contribution is 6.30.